The van der Waals surface area contributed by atoms with Crippen LogP contribution < -0.4 is 15.4 Å². The Hall–Kier alpha value is -1.94. The van der Waals surface area contributed by atoms with E-state index in [-0.39, 0.29) is 15.0 Å². The van der Waals surface area contributed by atoms with E-state index < -0.39 is 15.8 Å². The molecule has 0 bridgehead atoms. The van der Waals surface area contributed by atoms with Crippen LogP contribution in [0.5, 0.6) is 5.75 Å². The summed E-state index contributed by atoms with van der Waals surface area (Å²) in [7, 11) is -2.12. The molecule has 0 atom stereocenters. The lowest BCUT2D eigenvalue weighted by Gasteiger charge is -2.26. The monoisotopic (exact) mass is 457 g/mol. The second kappa shape index (κ2) is 9.25. The minimum Gasteiger partial charge on any atom is -0.495 e. The first-order chi connectivity index (χ1) is 13.8. The zero-order valence-corrected chi connectivity index (χ0v) is 18.1. The van der Waals surface area contributed by atoms with Gasteiger partial charge in [-0.1, -0.05) is 18.0 Å². The van der Waals surface area contributed by atoms with Gasteiger partial charge in [-0.2, -0.15) is 4.31 Å². The van der Waals surface area contributed by atoms with E-state index in [1.165, 1.54) is 41.7 Å². The first-order valence-corrected chi connectivity index (χ1v) is 11.2. The average Bonchev–Trinajstić information content (AvgIpc) is 2.71. The fourth-order valence-corrected chi connectivity index (χ4v) is 5.01. The van der Waals surface area contributed by atoms with Gasteiger partial charge >= 0.3 is 0 Å². The van der Waals surface area contributed by atoms with Crippen molar-refractivity contribution in [3.05, 3.63) is 47.2 Å². The van der Waals surface area contributed by atoms with Crippen LogP contribution in [-0.4, -0.2) is 38.0 Å². The zero-order chi connectivity index (χ0) is 21.0. The molecule has 0 unspecified atom stereocenters. The van der Waals surface area contributed by atoms with Crippen molar-refractivity contribution in [1.29, 1.82) is 0 Å². The number of piperidine rings is 1. The normalized spacial score (nSPS) is 15.0. The van der Waals surface area contributed by atoms with Gasteiger partial charge in [-0.3, -0.25) is 0 Å². The number of hydrogen-bond donors (Lipinski definition) is 2. The molecular formula is C19H21ClFN3O3S2. The predicted molar refractivity (Wildman–Crippen MR) is 117 cm³/mol. The molecule has 1 aliphatic heterocycles. The Morgan fingerprint density at radius 2 is 1.86 bits per heavy atom. The molecule has 1 heterocycles. The number of halogens is 2. The predicted octanol–water partition coefficient (Wildman–Crippen LogP) is 4.47. The van der Waals surface area contributed by atoms with Crippen molar-refractivity contribution in [3.8, 4) is 5.75 Å². The Bertz CT molecular complexity index is 1010. The number of benzene rings is 2. The maximum atomic E-state index is 13.3. The molecule has 1 fully saturated rings. The van der Waals surface area contributed by atoms with Gasteiger partial charge in [0.05, 0.1) is 22.7 Å². The van der Waals surface area contributed by atoms with E-state index in [1.807, 2.05) is 0 Å². The van der Waals surface area contributed by atoms with Crippen LogP contribution in [0.15, 0.2) is 41.3 Å². The zero-order valence-electron chi connectivity index (χ0n) is 15.7. The minimum absolute atomic E-state index is 0.0370. The number of nitrogens with zero attached hydrogens (tertiary/aromatic N) is 1. The number of ether oxygens (including phenoxy) is 1. The third-order valence-corrected chi connectivity index (χ3v) is 6.94. The molecule has 0 amide bonds. The Labute approximate surface area is 180 Å². The Balaban J connectivity index is 1.81. The molecule has 0 spiro atoms. The fourth-order valence-electron chi connectivity index (χ4n) is 3.06. The van der Waals surface area contributed by atoms with E-state index in [2.05, 4.69) is 10.6 Å². The smallest absolute Gasteiger partial charge is 0.243 e. The highest BCUT2D eigenvalue weighted by Crippen LogP contribution is 2.30. The van der Waals surface area contributed by atoms with Crippen LogP contribution in [0.25, 0.3) is 0 Å². The third-order valence-electron chi connectivity index (χ3n) is 4.55. The lowest BCUT2D eigenvalue weighted by Crippen LogP contribution is -2.35. The molecule has 156 valence electrons. The van der Waals surface area contributed by atoms with Gasteiger partial charge in [0, 0.05) is 18.8 Å². The van der Waals surface area contributed by atoms with Gasteiger partial charge in [-0.15, -0.1) is 0 Å². The lowest BCUT2D eigenvalue weighted by atomic mass is 10.2. The molecule has 6 nitrogen and oxygen atoms in total. The van der Waals surface area contributed by atoms with Gasteiger partial charge in [0.2, 0.25) is 10.0 Å². The highest BCUT2D eigenvalue weighted by atomic mass is 35.5. The second-order valence-electron chi connectivity index (χ2n) is 6.53. The van der Waals surface area contributed by atoms with E-state index in [0.29, 0.717) is 30.2 Å². The van der Waals surface area contributed by atoms with Gasteiger partial charge in [0.1, 0.15) is 11.6 Å². The number of rotatable bonds is 5. The molecule has 1 saturated heterocycles. The van der Waals surface area contributed by atoms with Crippen molar-refractivity contribution < 1.29 is 17.5 Å². The van der Waals surface area contributed by atoms with Crippen molar-refractivity contribution in [2.45, 2.75) is 24.2 Å². The van der Waals surface area contributed by atoms with Crippen LogP contribution in [0.1, 0.15) is 19.3 Å². The van der Waals surface area contributed by atoms with Crippen molar-refractivity contribution in [3.63, 3.8) is 0 Å². The van der Waals surface area contributed by atoms with Crippen molar-refractivity contribution in [1.82, 2.24) is 4.31 Å². The Morgan fingerprint density at radius 1 is 1.14 bits per heavy atom. The average molecular weight is 458 g/mol. The molecule has 1 aliphatic rings. The van der Waals surface area contributed by atoms with E-state index in [4.69, 9.17) is 28.6 Å². The molecule has 0 radical (unpaired) electrons. The third kappa shape index (κ3) is 5.16. The first-order valence-electron chi connectivity index (χ1n) is 9.02. The SMILES string of the molecule is COc1ccc(S(=O)(=O)N2CCCCC2)cc1NC(=S)Nc1ccc(F)c(Cl)c1. The Kier molecular flexibility index (Phi) is 6.94. The summed E-state index contributed by atoms with van der Waals surface area (Å²) in [5.74, 6) is -0.0998. The Morgan fingerprint density at radius 3 is 2.52 bits per heavy atom. The molecular weight excluding hydrogens is 437 g/mol. The summed E-state index contributed by atoms with van der Waals surface area (Å²) in [5, 5.41) is 5.96. The molecule has 2 N–H and O–H groups in total. The quantitative estimate of drug-likeness (QED) is 0.645. The molecule has 2 aromatic rings. The van der Waals surface area contributed by atoms with Crippen LogP contribution in [0.3, 0.4) is 0 Å². The summed E-state index contributed by atoms with van der Waals surface area (Å²) in [6.45, 7) is 1.03. The number of hydrogen-bond acceptors (Lipinski definition) is 4. The fraction of sp³-hybridized carbons (Fsp3) is 0.316. The molecule has 2 aromatic carbocycles. The van der Waals surface area contributed by atoms with Gasteiger partial charge in [-0.25, -0.2) is 12.8 Å². The van der Waals surface area contributed by atoms with Gasteiger partial charge < -0.3 is 15.4 Å². The maximum Gasteiger partial charge on any atom is 0.243 e. The van der Waals surface area contributed by atoms with E-state index >= 15 is 0 Å². The first kappa shape index (κ1) is 21.8. The van der Waals surface area contributed by atoms with Crippen molar-refractivity contribution in [2.75, 3.05) is 30.8 Å². The van der Waals surface area contributed by atoms with Crippen LogP contribution in [0.4, 0.5) is 15.8 Å². The molecule has 0 saturated carbocycles. The molecule has 0 aromatic heterocycles. The number of sulfonamides is 1. The van der Waals surface area contributed by atoms with Crippen LogP contribution in [-0.2, 0) is 10.0 Å². The summed E-state index contributed by atoms with van der Waals surface area (Å²) in [6.07, 6.45) is 2.75. The summed E-state index contributed by atoms with van der Waals surface area (Å²) in [5.41, 5.74) is 0.890. The van der Waals surface area contributed by atoms with Crippen molar-refractivity contribution in [2.24, 2.45) is 0 Å². The second-order valence-corrected chi connectivity index (χ2v) is 9.29. The standard InChI is InChI=1S/C19H21ClFN3O3S2/c1-27-18-8-6-14(29(25,26)24-9-3-2-4-10-24)12-17(18)23-19(28)22-13-5-7-16(21)15(20)11-13/h5-8,11-12H,2-4,9-10H2,1H3,(H2,22,23,28). The molecule has 10 heteroatoms. The highest BCUT2D eigenvalue weighted by molar-refractivity contribution is 7.89. The summed E-state index contributed by atoms with van der Waals surface area (Å²) >= 11 is 11.1. The van der Waals surface area contributed by atoms with E-state index in [0.717, 1.165) is 19.3 Å². The number of thiocarbonyl (C=S) groups is 1. The van der Waals surface area contributed by atoms with E-state index in [9.17, 15) is 12.8 Å². The topological polar surface area (TPSA) is 70.7 Å². The van der Waals surface area contributed by atoms with Crippen LogP contribution in [0, 0.1) is 5.82 Å². The molecule has 29 heavy (non-hydrogen) atoms. The van der Waals surface area contributed by atoms with Crippen LogP contribution in [0.2, 0.25) is 5.02 Å². The summed E-state index contributed by atoms with van der Waals surface area (Å²) in [4.78, 5) is 0.162. The summed E-state index contributed by atoms with van der Waals surface area (Å²) in [6, 6.07) is 8.71. The summed E-state index contributed by atoms with van der Waals surface area (Å²) < 4.78 is 46.0. The van der Waals surface area contributed by atoms with E-state index in [1.54, 1.807) is 6.07 Å². The number of anilines is 2. The molecule has 3 rings (SSSR count). The van der Waals surface area contributed by atoms with Crippen LogP contribution >= 0.6 is 23.8 Å². The van der Waals surface area contributed by atoms with Crippen molar-refractivity contribution >= 4 is 50.3 Å². The lowest BCUT2D eigenvalue weighted by molar-refractivity contribution is 0.346. The minimum atomic E-state index is -3.60. The van der Waals surface area contributed by atoms with Gasteiger partial charge in [0.15, 0.2) is 5.11 Å². The molecule has 0 aliphatic carbocycles. The largest absolute Gasteiger partial charge is 0.495 e. The maximum absolute atomic E-state index is 13.3. The number of methoxy groups -OCH3 is 1. The van der Waals surface area contributed by atoms with Gasteiger partial charge in [-0.05, 0) is 61.5 Å². The highest BCUT2D eigenvalue weighted by Gasteiger charge is 2.26. The number of nitrogens with one attached hydrogen (secondary N) is 2. The van der Waals surface area contributed by atoms with Gasteiger partial charge in [0.25, 0.3) is 0 Å².